The number of halogens is 1. The molecule has 0 spiro atoms. The van der Waals surface area contributed by atoms with Crippen LogP contribution in [0.3, 0.4) is 0 Å². The molecule has 5 heteroatoms. The largest absolute Gasteiger partial charge is 0.451 e. The molecule has 124 valence electrons. The summed E-state index contributed by atoms with van der Waals surface area (Å²) in [7, 11) is 1.68. The van der Waals surface area contributed by atoms with E-state index in [2.05, 4.69) is 6.07 Å². The highest BCUT2D eigenvalue weighted by atomic mass is 19.1. The number of furan rings is 1. The number of carbonyl (C=O) groups is 1. The highest BCUT2D eigenvalue weighted by molar-refractivity contribution is 5.91. The van der Waals surface area contributed by atoms with Crippen LogP contribution in [0.4, 0.5) is 4.39 Å². The molecule has 1 amide bonds. The Balaban J connectivity index is 1.72. The first kappa shape index (κ1) is 16.5. The molecular weight excluding hydrogens is 319 g/mol. The van der Waals surface area contributed by atoms with E-state index in [0.29, 0.717) is 23.4 Å². The van der Waals surface area contributed by atoms with Crippen molar-refractivity contribution in [1.82, 2.24) is 4.90 Å². The van der Waals surface area contributed by atoms with Gasteiger partial charge >= 0.3 is 0 Å². The molecule has 0 aliphatic rings. The average molecular weight is 334 g/mol. The predicted octanol–water partition coefficient (Wildman–Crippen LogP) is 4.23. The number of amides is 1. The zero-order valence-electron chi connectivity index (χ0n) is 13.6. The number of nitriles is 1. The summed E-state index contributed by atoms with van der Waals surface area (Å²) in [4.78, 5) is 14.0. The molecule has 0 fully saturated rings. The van der Waals surface area contributed by atoms with Gasteiger partial charge in [0.25, 0.3) is 5.91 Å². The summed E-state index contributed by atoms with van der Waals surface area (Å²) in [5.74, 6) is 0.150. The number of hydrogen-bond acceptors (Lipinski definition) is 3. The van der Waals surface area contributed by atoms with E-state index in [9.17, 15) is 9.18 Å². The van der Waals surface area contributed by atoms with Crippen LogP contribution in [-0.2, 0) is 6.54 Å². The summed E-state index contributed by atoms with van der Waals surface area (Å²) < 4.78 is 18.6. The Morgan fingerprint density at radius 2 is 1.76 bits per heavy atom. The number of hydrogen-bond donors (Lipinski definition) is 0. The lowest BCUT2D eigenvalue weighted by Crippen LogP contribution is -2.25. The summed E-state index contributed by atoms with van der Waals surface area (Å²) >= 11 is 0. The zero-order valence-corrected chi connectivity index (χ0v) is 13.6. The first-order chi connectivity index (χ1) is 12.1. The van der Waals surface area contributed by atoms with Gasteiger partial charge in [0.05, 0.1) is 11.6 Å². The van der Waals surface area contributed by atoms with Crippen LogP contribution >= 0.6 is 0 Å². The smallest absolute Gasteiger partial charge is 0.289 e. The second-order valence-corrected chi connectivity index (χ2v) is 5.64. The van der Waals surface area contributed by atoms with Crippen molar-refractivity contribution in [2.24, 2.45) is 0 Å². The van der Waals surface area contributed by atoms with E-state index in [1.54, 1.807) is 43.4 Å². The molecule has 0 saturated carbocycles. The molecule has 25 heavy (non-hydrogen) atoms. The Morgan fingerprint density at radius 3 is 2.40 bits per heavy atom. The van der Waals surface area contributed by atoms with Crippen molar-refractivity contribution in [3.05, 3.63) is 83.4 Å². The maximum absolute atomic E-state index is 13.0. The molecule has 4 nitrogen and oxygen atoms in total. The molecule has 0 saturated heterocycles. The van der Waals surface area contributed by atoms with Gasteiger partial charge in [-0.15, -0.1) is 0 Å². The molecule has 1 aromatic heterocycles. The summed E-state index contributed by atoms with van der Waals surface area (Å²) in [5.41, 5.74) is 2.20. The first-order valence-electron chi connectivity index (χ1n) is 7.67. The van der Waals surface area contributed by atoms with Crippen LogP contribution in [0.2, 0.25) is 0 Å². The lowest BCUT2D eigenvalue weighted by Gasteiger charge is -2.15. The van der Waals surface area contributed by atoms with Crippen LogP contribution < -0.4 is 0 Å². The highest BCUT2D eigenvalue weighted by Crippen LogP contribution is 2.23. The third kappa shape index (κ3) is 3.75. The van der Waals surface area contributed by atoms with Gasteiger partial charge in [0.15, 0.2) is 5.76 Å². The number of benzene rings is 2. The van der Waals surface area contributed by atoms with E-state index < -0.39 is 0 Å². The minimum absolute atomic E-state index is 0.218. The Hall–Kier alpha value is -3.39. The van der Waals surface area contributed by atoms with Gasteiger partial charge in [0, 0.05) is 19.2 Å². The Kier molecular flexibility index (Phi) is 4.62. The molecule has 3 rings (SSSR count). The van der Waals surface area contributed by atoms with Crippen molar-refractivity contribution in [2.45, 2.75) is 6.54 Å². The molecule has 2 aromatic carbocycles. The molecule has 1 heterocycles. The fourth-order valence-electron chi connectivity index (χ4n) is 2.44. The van der Waals surface area contributed by atoms with Crippen LogP contribution in [-0.4, -0.2) is 17.9 Å². The molecule has 0 unspecified atom stereocenters. The van der Waals surface area contributed by atoms with Crippen LogP contribution in [0.5, 0.6) is 0 Å². The molecule has 0 N–H and O–H groups in total. The van der Waals surface area contributed by atoms with Crippen LogP contribution in [0.1, 0.15) is 21.7 Å². The monoisotopic (exact) mass is 334 g/mol. The maximum atomic E-state index is 13.0. The number of rotatable bonds is 4. The van der Waals surface area contributed by atoms with E-state index in [-0.39, 0.29) is 17.5 Å². The van der Waals surface area contributed by atoms with E-state index in [1.165, 1.54) is 17.0 Å². The van der Waals surface area contributed by atoms with Crippen LogP contribution in [0.25, 0.3) is 11.3 Å². The van der Waals surface area contributed by atoms with E-state index in [4.69, 9.17) is 9.68 Å². The fraction of sp³-hybridized carbons (Fsp3) is 0.100. The van der Waals surface area contributed by atoms with Gasteiger partial charge in [-0.3, -0.25) is 4.79 Å². The minimum Gasteiger partial charge on any atom is -0.451 e. The molecular formula is C20H15FN2O2. The Labute approximate surface area is 144 Å². The van der Waals surface area contributed by atoms with Gasteiger partial charge in [-0.05, 0) is 54.1 Å². The van der Waals surface area contributed by atoms with Gasteiger partial charge in [-0.25, -0.2) is 4.39 Å². The standard InChI is InChI=1S/C20H15FN2O2/c1-23(13-15-4-2-14(12-22)3-5-15)20(24)19-11-10-18(25-19)16-6-8-17(21)9-7-16/h2-11H,13H2,1H3. The average Bonchev–Trinajstić information content (AvgIpc) is 3.12. The second kappa shape index (κ2) is 7.02. The summed E-state index contributed by atoms with van der Waals surface area (Å²) in [6.45, 7) is 0.400. The van der Waals surface area contributed by atoms with Gasteiger partial charge in [0.2, 0.25) is 0 Å². The molecule has 0 radical (unpaired) electrons. The minimum atomic E-state index is -0.325. The summed E-state index contributed by atoms with van der Waals surface area (Å²) in [6.07, 6.45) is 0. The molecule has 3 aromatic rings. The quantitative estimate of drug-likeness (QED) is 0.717. The summed E-state index contributed by atoms with van der Waals surface area (Å²) in [5, 5.41) is 8.81. The lowest BCUT2D eigenvalue weighted by atomic mass is 10.1. The normalized spacial score (nSPS) is 10.3. The molecule has 0 atom stereocenters. The van der Waals surface area contributed by atoms with E-state index in [1.807, 2.05) is 12.1 Å². The Bertz CT molecular complexity index is 922. The van der Waals surface area contributed by atoms with Crippen LogP contribution in [0, 0.1) is 17.1 Å². The SMILES string of the molecule is CN(Cc1ccc(C#N)cc1)C(=O)c1ccc(-c2ccc(F)cc2)o1. The van der Waals surface area contributed by atoms with Gasteiger partial charge in [-0.1, -0.05) is 12.1 Å². The molecule has 0 aliphatic carbocycles. The third-order valence-corrected chi connectivity index (χ3v) is 3.79. The molecule has 0 bridgehead atoms. The molecule has 0 aliphatic heterocycles. The van der Waals surface area contributed by atoms with E-state index >= 15 is 0 Å². The third-order valence-electron chi connectivity index (χ3n) is 3.79. The van der Waals surface area contributed by atoms with Gasteiger partial charge in [-0.2, -0.15) is 5.26 Å². The first-order valence-corrected chi connectivity index (χ1v) is 7.67. The van der Waals surface area contributed by atoms with Crippen molar-refractivity contribution in [2.75, 3.05) is 7.05 Å². The van der Waals surface area contributed by atoms with Crippen molar-refractivity contribution in [1.29, 1.82) is 5.26 Å². The Morgan fingerprint density at radius 1 is 1.08 bits per heavy atom. The lowest BCUT2D eigenvalue weighted by molar-refractivity contribution is 0.0754. The number of nitrogens with zero attached hydrogens (tertiary/aromatic N) is 2. The van der Waals surface area contributed by atoms with Gasteiger partial charge < -0.3 is 9.32 Å². The van der Waals surface area contributed by atoms with Crippen LogP contribution in [0.15, 0.2) is 65.1 Å². The van der Waals surface area contributed by atoms with Crippen molar-refractivity contribution < 1.29 is 13.6 Å². The van der Waals surface area contributed by atoms with Crippen molar-refractivity contribution >= 4 is 5.91 Å². The number of carbonyl (C=O) groups excluding carboxylic acids is 1. The highest BCUT2D eigenvalue weighted by Gasteiger charge is 2.17. The van der Waals surface area contributed by atoms with Gasteiger partial charge in [0.1, 0.15) is 11.6 Å². The summed E-state index contributed by atoms with van der Waals surface area (Å²) in [6, 6.07) is 18.3. The topological polar surface area (TPSA) is 57.2 Å². The van der Waals surface area contributed by atoms with Crippen molar-refractivity contribution in [3.63, 3.8) is 0 Å². The zero-order chi connectivity index (χ0) is 17.8. The van der Waals surface area contributed by atoms with Crippen molar-refractivity contribution in [3.8, 4) is 17.4 Å². The second-order valence-electron chi connectivity index (χ2n) is 5.64. The maximum Gasteiger partial charge on any atom is 0.289 e. The fourth-order valence-corrected chi connectivity index (χ4v) is 2.44. The predicted molar refractivity (Wildman–Crippen MR) is 91.1 cm³/mol. The van der Waals surface area contributed by atoms with E-state index in [0.717, 1.165) is 5.56 Å².